The van der Waals surface area contributed by atoms with Crippen LogP contribution < -0.4 is 5.32 Å². The molecule has 0 aliphatic heterocycles. The van der Waals surface area contributed by atoms with E-state index in [-0.39, 0.29) is 17.2 Å². The SMILES string of the molecule is COCCOCCCNc1nc(C(=O)O)ccc1[N+](=O)[O-]. The molecule has 0 saturated carbocycles. The van der Waals surface area contributed by atoms with E-state index < -0.39 is 10.9 Å². The number of methoxy groups -OCH3 is 1. The maximum atomic E-state index is 10.8. The number of nitro groups is 1. The van der Waals surface area contributed by atoms with Crippen molar-refractivity contribution in [3.63, 3.8) is 0 Å². The van der Waals surface area contributed by atoms with Crippen LogP contribution in [0, 0.1) is 10.1 Å². The molecule has 0 spiro atoms. The van der Waals surface area contributed by atoms with Gasteiger partial charge in [0.1, 0.15) is 0 Å². The van der Waals surface area contributed by atoms with Crippen LogP contribution in [0.5, 0.6) is 0 Å². The van der Waals surface area contributed by atoms with Crippen LogP contribution in [0.25, 0.3) is 0 Å². The van der Waals surface area contributed by atoms with E-state index in [1.807, 2.05) is 0 Å². The summed E-state index contributed by atoms with van der Waals surface area (Å²) in [4.78, 5) is 24.8. The molecule has 0 unspecified atom stereocenters. The zero-order valence-electron chi connectivity index (χ0n) is 11.6. The molecular formula is C12H17N3O6. The molecule has 0 radical (unpaired) electrons. The van der Waals surface area contributed by atoms with E-state index in [0.717, 1.165) is 12.1 Å². The number of nitrogens with one attached hydrogen (secondary N) is 1. The van der Waals surface area contributed by atoms with E-state index in [1.165, 1.54) is 0 Å². The maximum absolute atomic E-state index is 10.8. The van der Waals surface area contributed by atoms with E-state index in [0.29, 0.717) is 32.8 Å². The number of hydrogen-bond acceptors (Lipinski definition) is 7. The lowest BCUT2D eigenvalue weighted by molar-refractivity contribution is -0.384. The number of rotatable bonds is 10. The summed E-state index contributed by atoms with van der Waals surface area (Å²) in [6, 6.07) is 2.22. The quantitative estimate of drug-likeness (QED) is 0.374. The van der Waals surface area contributed by atoms with Gasteiger partial charge >= 0.3 is 11.7 Å². The molecule has 0 aliphatic rings. The van der Waals surface area contributed by atoms with E-state index in [9.17, 15) is 14.9 Å². The Labute approximate surface area is 121 Å². The van der Waals surface area contributed by atoms with Crippen molar-refractivity contribution >= 4 is 17.5 Å². The van der Waals surface area contributed by atoms with Gasteiger partial charge in [0.05, 0.1) is 18.1 Å². The summed E-state index contributed by atoms with van der Waals surface area (Å²) in [7, 11) is 1.57. The fraction of sp³-hybridized carbons (Fsp3) is 0.500. The molecule has 0 aromatic carbocycles. The summed E-state index contributed by atoms with van der Waals surface area (Å²) < 4.78 is 10.1. The van der Waals surface area contributed by atoms with Crippen molar-refractivity contribution in [2.24, 2.45) is 0 Å². The molecule has 0 atom stereocenters. The molecule has 116 valence electrons. The third-order valence-corrected chi connectivity index (χ3v) is 2.48. The number of carbonyl (C=O) groups is 1. The van der Waals surface area contributed by atoms with Crippen LogP contribution in [0.1, 0.15) is 16.9 Å². The number of aromatic nitrogens is 1. The van der Waals surface area contributed by atoms with E-state index in [4.69, 9.17) is 14.6 Å². The second-order valence-corrected chi connectivity index (χ2v) is 4.01. The number of hydrogen-bond donors (Lipinski definition) is 2. The second kappa shape index (κ2) is 8.82. The highest BCUT2D eigenvalue weighted by Crippen LogP contribution is 2.21. The van der Waals surface area contributed by atoms with Gasteiger partial charge in [0.15, 0.2) is 5.69 Å². The average molecular weight is 299 g/mol. The Balaban J connectivity index is 2.53. The summed E-state index contributed by atoms with van der Waals surface area (Å²) in [6.45, 7) is 1.82. The summed E-state index contributed by atoms with van der Waals surface area (Å²) in [5, 5.41) is 22.4. The molecule has 0 saturated heterocycles. The Morgan fingerprint density at radius 3 is 2.81 bits per heavy atom. The lowest BCUT2D eigenvalue weighted by Gasteiger charge is -2.07. The number of aromatic carboxylic acids is 1. The molecule has 1 aromatic rings. The van der Waals surface area contributed by atoms with Crippen molar-refractivity contribution in [2.45, 2.75) is 6.42 Å². The van der Waals surface area contributed by atoms with Gasteiger partial charge in [-0.3, -0.25) is 10.1 Å². The van der Waals surface area contributed by atoms with Gasteiger partial charge in [0, 0.05) is 26.3 Å². The molecule has 0 aliphatic carbocycles. The minimum atomic E-state index is -1.24. The Morgan fingerprint density at radius 1 is 1.43 bits per heavy atom. The lowest BCUT2D eigenvalue weighted by Crippen LogP contribution is -2.12. The van der Waals surface area contributed by atoms with Crippen molar-refractivity contribution in [3.8, 4) is 0 Å². The maximum Gasteiger partial charge on any atom is 0.354 e. The third kappa shape index (κ3) is 5.71. The highest BCUT2D eigenvalue weighted by molar-refractivity contribution is 5.86. The molecule has 1 heterocycles. The zero-order valence-corrected chi connectivity index (χ0v) is 11.6. The van der Waals surface area contributed by atoms with Crippen molar-refractivity contribution in [1.82, 2.24) is 4.98 Å². The van der Waals surface area contributed by atoms with Crippen LogP contribution in [-0.4, -0.2) is 54.5 Å². The van der Waals surface area contributed by atoms with Crippen molar-refractivity contribution in [1.29, 1.82) is 0 Å². The van der Waals surface area contributed by atoms with Crippen molar-refractivity contribution in [3.05, 3.63) is 27.9 Å². The summed E-state index contributed by atoms with van der Waals surface area (Å²) in [6.07, 6.45) is 0.597. The third-order valence-electron chi connectivity index (χ3n) is 2.48. The number of pyridine rings is 1. The fourth-order valence-corrected chi connectivity index (χ4v) is 1.47. The van der Waals surface area contributed by atoms with Crippen LogP contribution in [-0.2, 0) is 9.47 Å². The molecule has 2 N–H and O–H groups in total. The minimum Gasteiger partial charge on any atom is -0.477 e. The summed E-state index contributed by atoms with van der Waals surface area (Å²) >= 11 is 0. The summed E-state index contributed by atoms with van der Waals surface area (Å²) in [5.41, 5.74) is -0.514. The topological polar surface area (TPSA) is 124 Å². The van der Waals surface area contributed by atoms with Gasteiger partial charge in [0.2, 0.25) is 5.82 Å². The first-order valence-electron chi connectivity index (χ1n) is 6.25. The summed E-state index contributed by atoms with van der Waals surface area (Å²) in [5.74, 6) is -1.30. The van der Waals surface area contributed by atoms with Gasteiger partial charge in [-0.25, -0.2) is 9.78 Å². The fourth-order valence-electron chi connectivity index (χ4n) is 1.47. The van der Waals surface area contributed by atoms with E-state index >= 15 is 0 Å². The number of carboxylic acid groups (broad SMARTS) is 1. The molecule has 9 nitrogen and oxygen atoms in total. The number of anilines is 1. The Bertz CT molecular complexity index is 494. The molecule has 1 rings (SSSR count). The number of nitrogens with zero attached hydrogens (tertiary/aromatic N) is 2. The van der Waals surface area contributed by atoms with Gasteiger partial charge in [-0.05, 0) is 12.5 Å². The molecule has 9 heteroatoms. The Morgan fingerprint density at radius 2 is 2.19 bits per heavy atom. The minimum absolute atomic E-state index is 0.0585. The van der Waals surface area contributed by atoms with E-state index in [2.05, 4.69) is 10.3 Å². The van der Waals surface area contributed by atoms with Crippen LogP contribution in [0.3, 0.4) is 0 Å². The van der Waals surface area contributed by atoms with Gasteiger partial charge in [0.25, 0.3) is 0 Å². The molecule has 0 bridgehead atoms. The first-order chi connectivity index (χ1) is 10.1. The largest absolute Gasteiger partial charge is 0.477 e. The highest BCUT2D eigenvalue weighted by atomic mass is 16.6. The van der Waals surface area contributed by atoms with Gasteiger partial charge in [-0.1, -0.05) is 0 Å². The Hall–Kier alpha value is -2.26. The van der Waals surface area contributed by atoms with Crippen LogP contribution in [0.2, 0.25) is 0 Å². The normalized spacial score (nSPS) is 10.3. The average Bonchev–Trinajstić information content (AvgIpc) is 2.45. The molecule has 1 aromatic heterocycles. The predicted octanol–water partition coefficient (Wildman–Crippen LogP) is 1.15. The van der Waals surface area contributed by atoms with E-state index in [1.54, 1.807) is 7.11 Å². The van der Waals surface area contributed by atoms with Gasteiger partial charge in [-0.2, -0.15) is 0 Å². The molecule has 0 fully saturated rings. The van der Waals surface area contributed by atoms with Crippen molar-refractivity contribution < 1.29 is 24.3 Å². The first-order valence-corrected chi connectivity index (χ1v) is 6.25. The van der Waals surface area contributed by atoms with Crippen LogP contribution in [0.4, 0.5) is 11.5 Å². The highest BCUT2D eigenvalue weighted by Gasteiger charge is 2.17. The lowest BCUT2D eigenvalue weighted by atomic mass is 10.3. The van der Waals surface area contributed by atoms with Gasteiger partial charge < -0.3 is 19.9 Å². The van der Waals surface area contributed by atoms with Crippen LogP contribution >= 0.6 is 0 Å². The smallest absolute Gasteiger partial charge is 0.354 e. The number of ether oxygens (including phenoxy) is 2. The zero-order chi connectivity index (χ0) is 15.7. The monoisotopic (exact) mass is 299 g/mol. The molecule has 0 amide bonds. The van der Waals surface area contributed by atoms with Gasteiger partial charge in [-0.15, -0.1) is 0 Å². The number of carboxylic acids is 1. The standard InChI is InChI=1S/C12H17N3O6/c1-20-7-8-21-6-2-5-13-11-10(15(18)19)4-3-9(14-11)12(16)17/h3-4H,2,5-8H2,1H3,(H,13,14)(H,16,17). The molecular weight excluding hydrogens is 282 g/mol. The first kappa shape index (κ1) is 16.8. The van der Waals surface area contributed by atoms with Crippen molar-refractivity contribution in [2.75, 3.05) is 38.8 Å². The molecule has 21 heavy (non-hydrogen) atoms. The van der Waals surface area contributed by atoms with Crippen LogP contribution in [0.15, 0.2) is 12.1 Å². The Kier molecular flexibility index (Phi) is 7.05. The second-order valence-electron chi connectivity index (χ2n) is 4.01. The predicted molar refractivity (Wildman–Crippen MR) is 73.7 cm³/mol.